The molecule has 6 nitrogen and oxygen atoms in total. The van der Waals surface area contributed by atoms with Crippen LogP contribution >= 0.6 is 0 Å². The number of amides is 1. The van der Waals surface area contributed by atoms with Gasteiger partial charge in [-0.3, -0.25) is 4.79 Å². The van der Waals surface area contributed by atoms with Crippen molar-refractivity contribution in [2.24, 2.45) is 0 Å². The molecule has 2 rings (SSSR count). The summed E-state index contributed by atoms with van der Waals surface area (Å²) in [5.41, 5.74) is 1.26. The van der Waals surface area contributed by atoms with Crippen LogP contribution in [0, 0.1) is 6.92 Å². The van der Waals surface area contributed by atoms with Gasteiger partial charge in [-0.1, -0.05) is 12.1 Å². The van der Waals surface area contributed by atoms with Crippen molar-refractivity contribution in [3.05, 3.63) is 58.5 Å². The Kier molecular flexibility index (Phi) is 4.39. The highest BCUT2D eigenvalue weighted by molar-refractivity contribution is 5.94. The van der Waals surface area contributed by atoms with Crippen molar-refractivity contribution in [2.45, 2.75) is 20.1 Å². The number of carbonyl (C=O) groups excluding carboxylic acids is 1. The minimum absolute atomic E-state index is 0.0778. The predicted octanol–water partition coefficient (Wildman–Crippen LogP) is 1.71. The van der Waals surface area contributed by atoms with Crippen LogP contribution in [0.1, 0.15) is 37.8 Å². The van der Waals surface area contributed by atoms with E-state index in [1.54, 1.807) is 31.2 Å². The summed E-state index contributed by atoms with van der Waals surface area (Å²) in [4.78, 5) is 22.8. The van der Waals surface area contributed by atoms with Gasteiger partial charge in [0, 0.05) is 5.56 Å². The minimum Gasteiger partial charge on any atom is -0.478 e. The first kappa shape index (κ1) is 14.8. The second kappa shape index (κ2) is 6.23. The maximum Gasteiger partial charge on any atom is 0.339 e. The largest absolute Gasteiger partial charge is 0.478 e. The summed E-state index contributed by atoms with van der Waals surface area (Å²) in [6, 6.07) is 7.93. The van der Waals surface area contributed by atoms with Gasteiger partial charge in [-0.05, 0) is 30.7 Å². The molecule has 1 aromatic carbocycles. The van der Waals surface area contributed by atoms with Gasteiger partial charge in [0.05, 0.1) is 13.2 Å². The molecule has 3 N–H and O–H groups in total. The number of carboxylic acids is 1. The van der Waals surface area contributed by atoms with Crippen LogP contribution < -0.4 is 5.32 Å². The SMILES string of the molecule is Cc1oc(CNC(=O)c2ccc(CO)cc2)cc1C(=O)O. The van der Waals surface area contributed by atoms with Crippen molar-refractivity contribution in [3.8, 4) is 0 Å². The van der Waals surface area contributed by atoms with Crippen LogP contribution in [0.3, 0.4) is 0 Å². The molecule has 0 bridgehead atoms. The van der Waals surface area contributed by atoms with Crippen molar-refractivity contribution in [2.75, 3.05) is 0 Å². The molecule has 0 aliphatic carbocycles. The van der Waals surface area contributed by atoms with E-state index in [0.717, 1.165) is 5.56 Å². The fourth-order valence-corrected chi connectivity index (χ4v) is 1.87. The third kappa shape index (κ3) is 3.49. The van der Waals surface area contributed by atoms with Crippen LogP contribution in [0.25, 0.3) is 0 Å². The first-order valence-corrected chi connectivity index (χ1v) is 6.32. The Balaban J connectivity index is 2.00. The van der Waals surface area contributed by atoms with Gasteiger partial charge in [-0.2, -0.15) is 0 Å². The molecule has 0 unspecified atom stereocenters. The number of carbonyl (C=O) groups is 2. The fraction of sp³-hybridized carbons (Fsp3) is 0.200. The molecule has 0 fully saturated rings. The lowest BCUT2D eigenvalue weighted by Crippen LogP contribution is -2.22. The first-order chi connectivity index (χ1) is 10.0. The van der Waals surface area contributed by atoms with E-state index in [0.29, 0.717) is 17.1 Å². The number of hydrogen-bond acceptors (Lipinski definition) is 4. The van der Waals surface area contributed by atoms with E-state index in [4.69, 9.17) is 14.6 Å². The number of aliphatic hydroxyl groups is 1. The summed E-state index contributed by atoms with van der Waals surface area (Å²) in [5, 5.41) is 20.5. The summed E-state index contributed by atoms with van der Waals surface area (Å²) in [6.45, 7) is 1.59. The second-order valence-electron chi connectivity index (χ2n) is 4.53. The number of rotatable bonds is 5. The van der Waals surface area contributed by atoms with Gasteiger partial charge >= 0.3 is 5.97 Å². The highest BCUT2D eigenvalue weighted by Crippen LogP contribution is 2.14. The molecule has 21 heavy (non-hydrogen) atoms. The number of aromatic carboxylic acids is 1. The number of furan rings is 1. The molecule has 0 radical (unpaired) electrons. The molecule has 0 saturated carbocycles. The average molecular weight is 289 g/mol. The number of benzene rings is 1. The Morgan fingerprint density at radius 1 is 1.24 bits per heavy atom. The lowest BCUT2D eigenvalue weighted by molar-refractivity contribution is 0.0694. The quantitative estimate of drug-likeness (QED) is 0.778. The molecular formula is C15H15NO5. The van der Waals surface area contributed by atoms with Gasteiger partial charge in [-0.25, -0.2) is 4.79 Å². The van der Waals surface area contributed by atoms with Crippen molar-refractivity contribution >= 4 is 11.9 Å². The molecule has 0 aliphatic heterocycles. The molecule has 2 aromatic rings. The van der Waals surface area contributed by atoms with Gasteiger partial charge < -0.3 is 19.9 Å². The Morgan fingerprint density at radius 3 is 2.43 bits per heavy atom. The van der Waals surface area contributed by atoms with Gasteiger partial charge in [0.1, 0.15) is 17.1 Å². The first-order valence-electron chi connectivity index (χ1n) is 6.32. The van der Waals surface area contributed by atoms with E-state index in [1.807, 2.05) is 0 Å². The third-order valence-electron chi connectivity index (χ3n) is 3.02. The van der Waals surface area contributed by atoms with Crippen LogP contribution in [-0.4, -0.2) is 22.1 Å². The highest BCUT2D eigenvalue weighted by atomic mass is 16.4. The van der Waals surface area contributed by atoms with Crippen LogP contribution in [0.5, 0.6) is 0 Å². The minimum atomic E-state index is -1.06. The van der Waals surface area contributed by atoms with Crippen molar-refractivity contribution in [3.63, 3.8) is 0 Å². The molecule has 0 atom stereocenters. The van der Waals surface area contributed by atoms with E-state index in [9.17, 15) is 9.59 Å². The summed E-state index contributed by atoms with van der Waals surface area (Å²) in [6.07, 6.45) is 0. The van der Waals surface area contributed by atoms with Gasteiger partial charge in [0.2, 0.25) is 0 Å². The lowest BCUT2D eigenvalue weighted by atomic mass is 10.1. The zero-order chi connectivity index (χ0) is 15.4. The molecular weight excluding hydrogens is 274 g/mol. The summed E-state index contributed by atoms with van der Waals surface area (Å²) >= 11 is 0. The van der Waals surface area contributed by atoms with Crippen LogP contribution in [-0.2, 0) is 13.2 Å². The normalized spacial score (nSPS) is 10.4. The van der Waals surface area contributed by atoms with Crippen molar-refractivity contribution < 1.29 is 24.2 Å². The standard InChI is InChI=1S/C15H15NO5/c1-9-13(15(19)20)6-12(21-9)7-16-14(18)11-4-2-10(8-17)3-5-11/h2-6,17H,7-8H2,1H3,(H,16,18)(H,19,20). The van der Waals surface area contributed by atoms with E-state index in [2.05, 4.69) is 5.32 Å². The topological polar surface area (TPSA) is 99.8 Å². The maximum atomic E-state index is 11.9. The second-order valence-corrected chi connectivity index (χ2v) is 4.53. The zero-order valence-corrected chi connectivity index (χ0v) is 11.4. The highest BCUT2D eigenvalue weighted by Gasteiger charge is 2.14. The molecule has 1 amide bonds. The van der Waals surface area contributed by atoms with E-state index in [-0.39, 0.29) is 24.6 Å². The number of carboxylic acid groups (broad SMARTS) is 1. The van der Waals surface area contributed by atoms with Crippen molar-refractivity contribution in [1.29, 1.82) is 0 Å². The molecule has 6 heteroatoms. The Bertz CT molecular complexity index is 657. The van der Waals surface area contributed by atoms with Gasteiger partial charge in [0.15, 0.2) is 0 Å². The smallest absolute Gasteiger partial charge is 0.339 e. The maximum absolute atomic E-state index is 11.9. The van der Waals surface area contributed by atoms with E-state index < -0.39 is 5.97 Å². The summed E-state index contributed by atoms with van der Waals surface area (Å²) < 4.78 is 5.27. The summed E-state index contributed by atoms with van der Waals surface area (Å²) in [5.74, 6) is -0.678. The van der Waals surface area contributed by atoms with Crippen LogP contribution in [0.15, 0.2) is 34.7 Å². The zero-order valence-electron chi connectivity index (χ0n) is 11.4. The van der Waals surface area contributed by atoms with Crippen LogP contribution in [0.4, 0.5) is 0 Å². The van der Waals surface area contributed by atoms with E-state index >= 15 is 0 Å². The van der Waals surface area contributed by atoms with Gasteiger partial charge in [-0.15, -0.1) is 0 Å². The Hall–Kier alpha value is -2.60. The number of aryl methyl sites for hydroxylation is 1. The molecule has 0 spiro atoms. The molecule has 1 aromatic heterocycles. The number of aliphatic hydroxyl groups excluding tert-OH is 1. The third-order valence-corrected chi connectivity index (χ3v) is 3.02. The Labute approximate surface area is 121 Å². The molecule has 0 saturated heterocycles. The molecule has 1 heterocycles. The molecule has 110 valence electrons. The monoisotopic (exact) mass is 289 g/mol. The predicted molar refractivity (Wildman–Crippen MR) is 73.9 cm³/mol. The van der Waals surface area contributed by atoms with Gasteiger partial charge in [0.25, 0.3) is 5.91 Å². The summed E-state index contributed by atoms with van der Waals surface area (Å²) in [7, 11) is 0. The number of hydrogen-bond donors (Lipinski definition) is 3. The molecule has 0 aliphatic rings. The lowest BCUT2D eigenvalue weighted by Gasteiger charge is -2.04. The number of nitrogens with one attached hydrogen (secondary N) is 1. The fourth-order valence-electron chi connectivity index (χ4n) is 1.87. The average Bonchev–Trinajstić information content (AvgIpc) is 2.86. The van der Waals surface area contributed by atoms with Crippen molar-refractivity contribution in [1.82, 2.24) is 5.32 Å². The Morgan fingerprint density at radius 2 is 1.90 bits per heavy atom. The van der Waals surface area contributed by atoms with E-state index in [1.165, 1.54) is 6.07 Å². The van der Waals surface area contributed by atoms with Crippen LogP contribution in [0.2, 0.25) is 0 Å².